The van der Waals surface area contributed by atoms with Gasteiger partial charge >= 0.3 is 0 Å². The lowest BCUT2D eigenvalue weighted by Crippen LogP contribution is -2.35. The number of hydrogen-bond acceptors (Lipinski definition) is 3. The Morgan fingerprint density at radius 2 is 1.92 bits per heavy atom. The minimum Gasteiger partial charge on any atom is -0.489 e. The number of carbonyl (C=O) groups is 1. The molecule has 0 aromatic heterocycles. The Hall–Kier alpha value is -2.59. The number of amides is 1. The number of allylic oxidation sites excluding steroid dienone is 2. The van der Waals surface area contributed by atoms with E-state index in [0.717, 1.165) is 29.9 Å². The number of carbonyl (C=O) groups excluding carboxylic acids is 1. The molecule has 2 aromatic carbocycles. The second-order valence-corrected chi connectivity index (χ2v) is 7.06. The van der Waals surface area contributed by atoms with Crippen LogP contribution in [0, 0.1) is 11.8 Å². The van der Waals surface area contributed by atoms with E-state index in [4.69, 9.17) is 16.3 Å². The zero-order valence-electron chi connectivity index (χ0n) is 14.2. The lowest BCUT2D eigenvalue weighted by molar-refractivity contribution is 0.0954. The van der Waals surface area contributed by atoms with Crippen molar-refractivity contribution in [3.63, 3.8) is 0 Å². The summed E-state index contributed by atoms with van der Waals surface area (Å²) in [5.41, 5.74) is 5.35. The van der Waals surface area contributed by atoms with Crippen molar-refractivity contribution in [2.45, 2.75) is 19.4 Å². The number of nitrogens with one attached hydrogen (secondary N) is 1. The van der Waals surface area contributed by atoms with Crippen LogP contribution in [-0.4, -0.2) is 11.6 Å². The number of nitrogens with zero attached hydrogens (tertiary/aromatic N) is 1. The second kappa shape index (κ2) is 7.34. The van der Waals surface area contributed by atoms with Crippen LogP contribution in [0.4, 0.5) is 0 Å². The Morgan fingerprint density at radius 1 is 1.15 bits per heavy atom. The molecule has 0 heterocycles. The lowest BCUT2D eigenvalue weighted by atomic mass is 9.74. The molecule has 0 radical (unpaired) electrons. The Labute approximate surface area is 157 Å². The van der Waals surface area contributed by atoms with Crippen LogP contribution >= 0.6 is 11.6 Å². The Kier molecular flexibility index (Phi) is 4.76. The molecule has 1 N–H and O–H groups in total. The number of hydrogen-bond donors (Lipinski definition) is 1. The molecule has 4 nitrogen and oxygen atoms in total. The van der Waals surface area contributed by atoms with E-state index < -0.39 is 0 Å². The zero-order valence-corrected chi connectivity index (χ0v) is 14.9. The van der Waals surface area contributed by atoms with Gasteiger partial charge in [0.2, 0.25) is 0 Å². The van der Waals surface area contributed by atoms with Crippen LogP contribution in [0.2, 0.25) is 5.02 Å². The van der Waals surface area contributed by atoms with Gasteiger partial charge in [-0.1, -0.05) is 35.9 Å². The van der Waals surface area contributed by atoms with E-state index in [1.165, 1.54) is 0 Å². The highest BCUT2D eigenvalue weighted by atomic mass is 35.5. The maximum Gasteiger partial charge on any atom is 0.271 e. The molecule has 0 bridgehead atoms. The number of hydrazone groups is 1. The second-order valence-electron chi connectivity index (χ2n) is 6.62. The van der Waals surface area contributed by atoms with E-state index >= 15 is 0 Å². The molecule has 2 aliphatic carbocycles. The van der Waals surface area contributed by atoms with Crippen molar-refractivity contribution in [3.8, 4) is 5.75 Å². The molecular weight excluding hydrogens is 348 g/mol. The number of benzene rings is 2. The molecule has 1 fully saturated rings. The molecule has 26 heavy (non-hydrogen) atoms. The highest BCUT2D eigenvalue weighted by Crippen LogP contribution is 2.40. The average Bonchev–Trinajstić information content (AvgIpc) is 3.02. The average molecular weight is 367 g/mol. The van der Waals surface area contributed by atoms with Gasteiger partial charge in [-0.25, -0.2) is 5.43 Å². The van der Waals surface area contributed by atoms with Crippen LogP contribution in [-0.2, 0) is 6.61 Å². The minimum atomic E-state index is -0.183. The molecule has 0 aliphatic heterocycles. The molecule has 0 spiro atoms. The van der Waals surface area contributed by atoms with Gasteiger partial charge in [0.05, 0.1) is 0 Å². The van der Waals surface area contributed by atoms with Gasteiger partial charge in [-0.2, -0.15) is 5.10 Å². The van der Waals surface area contributed by atoms with Gasteiger partial charge in [0.15, 0.2) is 0 Å². The van der Waals surface area contributed by atoms with Gasteiger partial charge in [0.25, 0.3) is 5.91 Å². The van der Waals surface area contributed by atoms with E-state index in [1.807, 2.05) is 24.3 Å². The van der Waals surface area contributed by atoms with Crippen molar-refractivity contribution >= 4 is 23.2 Å². The van der Waals surface area contributed by atoms with Crippen molar-refractivity contribution in [2.24, 2.45) is 16.9 Å². The number of ether oxygens (including phenoxy) is 1. The Bertz CT molecular complexity index is 857. The summed E-state index contributed by atoms with van der Waals surface area (Å²) in [7, 11) is 0. The smallest absolute Gasteiger partial charge is 0.271 e. The normalized spacial score (nSPS) is 22.0. The molecule has 0 saturated heterocycles. The molecule has 4 rings (SSSR count). The Morgan fingerprint density at radius 3 is 2.65 bits per heavy atom. The van der Waals surface area contributed by atoms with E-state index in [2.05, 4.69) is 22.7 Å². The summed E-state index contributed by atoms with van der Waals surface area (Å²) in [6, 6.07) is 14.6. The van der Waals surface area contributed by atoms with Crippen molar-refractivity contribution in [1.29, 1.82) is 0 Å². The van der Waals surface area contributed by atoms with Crippen molar-refractivity contribution in [1.82, 2.24) is 5.43 Å². The molecule has 2 aliphatic rings. The third-order valence-electron chi connectivity index (χ3n) is 4.90. The van der Waals surface area contributed by atoms with E-state index in [-0.39, 0.29) is 5.91 Å². The summed E-state index contributed by atoms with van der Waals surface area (Å²) in [4.78, 5) is 12.2. The predicted molar refractivity (Wildman–Crippen MR) is 102 cm³/mol. The molecule has 1 amide bonds. The zero-order chi connectivity index (χ0) is 17.9. The molecular formula is C21H19ClN2O2. The van der Waals surface area contributed by atoms with Crippen LogP contribution in [0.25, 0.3) is 0 Å². The standard InChI is InChI=1S/C21H19ClN2O2/c22-17-8-10-18(11-9-17)26-13-14-4-6-15(7-5-14)21(25)24-23-20-12-16-2-1-3-19(16)20/h1-2,4-11,16,19H,3,12-13H2,(H,24,25)/b23-20-/t16-,19+/m1/s1. The van der Waals surface area contributed by atoms with Crippen LogP contribution in [0.3, 0.4) is 0 Å². The molecule has 2 atom stereocenters. The number of rotatable bonds is 5. The summed E-state index contributed by atoms with van der Waals surface area (Å²) in [5.74, 6) is 1.71. The fourth-order valence-electron chi connectivity index (χ4n) is 3.30. The first kappa shape index (κ1) is 16.9. The van der Waals surface area contributed by atoms with Crippen LogP contribution in [0.5, 0.6) is 5.75 Å². The lowest BCUT2D eigenvalue weighted by Gasteiger charge is -2.31. The first-order chi connectivity index (χ1) is 12.7. The maximum atomic E-state index is 12.2. The van der Waals surface area contributed by atoms with E-state index in [9.17, 15) is 4.79 Å². The summed E-state index contributed by atoms with van der Waals surface area (Å²) in [5, 5.41) is 4.97. The van der Waals surface area contributed by atoms with Crippen molar-refractivity contribution < 1.29 is 9.53 Å². The minimum absolute atomic E-state index is 0.183. The largest absolute Gasteiger partial charge is 0.489 e. The third-order valence-corrected chi connectivity index (χ3v) is 5.15. The third kappa shape index (κ3) is 3.65. The molecule has 0 unspecified atom stereocenters. The van der Waals surface area contributed by atoms with E-state index in [1.54, 1.807) is 24.3 Å². The van der Waals surface area contributed by atoms with Gasteiger partial charge in [-0.3, -0.25) is 4.79 Å². The van der Waals surface area contributed by atoms with Gasteiger partial charge in [0, 0.05) is 22.2 Å². The SMILES string of the molecule is O=C(N/N=C1/C[C@H]2C=CC[C@H]12)c1ccc(COc2ccc(Cl)cc2)cc1. The fourth-order valence-corrected chi connectivity index (χ4v) is 3.43. The van der Waals surface area contributed by atoms with Gasteiger partial charge in [-0.15, -0.1) is 0 Å². The van der Waals surface area contributed by atoms with E-state index in [0.29, 0.717) is 29.0 Å². The summed E-state index contributed by atoms with van der Waals surface area (Å²) in [6.45, 7) is 0.432. The molecule has 2 aromatic rings. The maximum absolute atomic E-state index is 12.2. The van der Waals surface area contributed by atoms with Crippen LogP contribution < -0.4 is 10.2 Å². The predicted octanol–water partition coefficient (Wildman–Crippen LogP) is 4.60. The summed E-state index contributed by atoms with van der Waals surface area (Å²) in [6.07, 6.45) is 6.45. The van der Waals surface area contributed by atoms with Crippen molar-refractivity contribution in [2.75, 3.05) is 0 Å². The highest BCUT2D eigenvalue weighted by molar-refractivity contribution is 6.30. The first-order valence-corrected chi connectivity index (χ1v) is 9.07. The molecule has 1 saturated carbocycles. The summed E-state index contributed by atoms with van der Waals surface area (Å²) >= 11 is 5.85. The molecule has 132 valence electrons. The first-order valence-electron chi connectivity index (χ1n) is 8.70. The van der Waals surface area contributed by atoms with Gasteiger partial charge in [0.1, 0.15) is 12.4 Å². The van der Waals surface area contributed by atoms with Crippen molar-refractivity contribution in [3.05, 3.63) is 76.8 Å². The van der Waals surface area contributed by atoms with Crippen LogP contribution in [0.1, 0.15) is 28.8 Å². The highest BCUT2D eigenvalue weighted by Gasteiger charge is 2.37. The topological polar surface area (TPSA) is 50.7 Å². The number of fused-ring (bicyclic) bond motifs is 1. The fraction of sp³-hybridized carbons (Fsp3) is 0.238. The number of halogens is 1. The monoisotopic (exact) mass is 366 g/mol. The van der Waals surface area contributed by atoms with Gasteiger partial charge in [-0.05, 0) is 60.7 Å². The quantitative estimate of drug-likeness (QED) is 0.621. The van der Waals surface area contributed by atoms with Crippen LogP contribution in [0.15, 0.2) is 65.8 Å². The molecule has 5 heteroatoms. The summed E-state index contributed by atoms with van der Waals surface area (Å²) < 4.78 is 5.70. The van der Waals surface area contributed by atoms with Gasteiger partial charge < -0.3 is 4.74 Å². The Balaban J connectivity index is 1.30.